The Kier molecular flexibility index (Phi) is 5.65. The predicted octanol–water partition coefficient (Wildman–Crippen LogP) is 1.56. The van der Waals surface area contributed by atoms with Crippen molar-refractivity contribution in [1.29, 1.82) is 10.8 Å². The van der Waals surface area contributed by atoms with Gasteiger partial charge in [-0.25, -0.2) is 0 Å². The Labute approximate surface area is 68.0 Å². The van der Waals surface area contributed by atoms with E-state index in [1.165, 1.54) is 13.5 Å². The molecule has 3 nitrogen and oxygen atoms in total. The fraction of sp³-hybridized carbons (Fsp3) is 0.750. The number of rotatable bonds is 0. The number of nitrogens with two attached hydrogens (primary N) is 1. The van der Waals surface area contributed by atoms with Gasteiger partial charge in [0.25, 0.3) is 0 Å². The molecule has 64 valence electrons. The molecule has 0 aliphatic heterocycles. The molecule has 1 aliphatic carbocycles. The Hall–Kier alpha value is -0.700. The van der Waals surface area contributed by atoms with E-state index in [0.717, 1.165) is 25.7 Å². The van der Waals surface area contributed by atoms with Crippen LogP contribution in [0.15, 0.2) is 0 Å². The molecular formula is C8H17N3. The van der Waals surface area contributed by atoms with Crippen LogP contribution >= 0.6 is 0 Å². The highest BCUT2D eigenvalue weighted by Gasteiger charge is 2.08. The van der Waals surface area contributed by atoms with E-state index < -0.39 is 0 Å². The monoisotopic (exact) mass is 155 g/mol. The van der Waals surface area contributed by atoms with E-state index in [1.54, 1.807) is 0 Å². The van der Waals surface area contributed by atoms with Crippen LogP contribution in [0.1, 0.15) is 32.1 Å². The molecule has 0 unspecified atom stereocenters. The Morgan fingerprint density at radius 1 is 0.909 bits per heavy atom. The molecule has 1 fully saturated rings. The first kappa shape index (κ1) is 10.3. The highest BCUT2D eigenvalue weighted by atomic mass is 14.5. The van der Waals surface area contributed by atoms with Crippen LogP contribution in [0, 0.1) is 10.8 Å². The van der Waals surface area contributed by atoms with Crippen molar-refractivity contribution in [3.8, 4) is 0 Å². The van der Waals surface area contributed by atoms with Crippen molar-refractivity contribution in [2.75, 3.05) is 7.05 Å². The minimum Gasteiger partial charge on any atom is -0.333 e. The van der Waals surface area contributed by atoms with Gasteiger partial charge < -0.3 is 16.6 Å². The number of hydrogen-bond acceptors (Lipinski definition) is 3. The standard InChI is InChI=1S/C7H12N2.CH5N/c8-6-4-2-1-3-5-7(6)9;1-2/h8-9H,1-5H2;2H2,1H3. The predicted molar refractivity (Wildman–Crippen MR) is 48.6 cm³/mol. The maximum atomic E-state index is 7.31. The smallest absolute Gasteiger partial charge is 0.0521 e. The maximum Gasteiger partial charge on any atom is 0.0521 e. The number of nitrogens with one attached hydrogen (secondary N) is 2. The average Bonchev–Trinajstić information content (AvgIpc) is 2.22. The van der Waals surface area contributed by atoms with Crippen LogP contribution in [0.25, 0.3) is 0 Å². The van der Waals surface area contributed by atoms with Crippen LogP contribution in [-0.2, 0) is 0 Å². The maximum absolute atomic E-state index is 7.31. The van der Waals surface area contributed by atoms with Crippen molar-refractivity contribution in [3.05, 3.63) is 0 Å². The second kappa shape index (κ2) is 6.04. The van der Waals surface area contributed by atoms with Gasteiger partial charge >= 0.3 is 0 Å². The van der Waals surface area contributed by atoms with Gasteiger partial charge in [0.05, 0.1) is 11.4 Å². The summed E-state index contributed by atoms with van der Waals surface area (Å²) < 4.78 is 0. The van der Waals surface area contributed by atoms with Gasteiger partial charge in [0.15, 0.2) is 0 Å². The van der Waals surface area contributed by atoms with Gasteiger partial charge in [-0.15, -0.1) is 0 Å². The fourth-order valence-corrected chi connectivity index (χ4v) is 1.08. The Bertz CT molecular complexity index is 124. The lowest BCUT2D eigenvalue weighted by Crippen LogP contribution is -2.07. The quantitative estimate of drug-likeness (QED) is 0.456. The van der Waals surface area contributed by atoms with E-state index >= 15 is 0 Å². The summed E-state index contributed by atoms with van der Waals surface area (Å²) >= 11 is 0. The summed E-state index contributed by atoms with van der Waals surface area (Å²) in [7, 11) is 1.50. The van der Waals surface area contributed by atoms with Crippen molar-refractivity contribution in [3.63, 3.8) is 0 Å². The highest BCUT2D eigenvalue weighted by molar-refractivity contribution is 6.39. The SMILES string of the molecule is CN.N=C1CCCCCC1=N. The molecule has 3 heteroatoms. The lowest BCUT2D eigenvalue weighted by Gasteiger charge is -1.95. The molecule has 1 aliphatic rings. The topological polar surface area (TPSA) is 73.7 Å². The summed E-state index contributed by atoms with van der Waals surface area (Å²) in [5.41, 5.74) is 5.62. The largest absolute Gasteiger partial charge is 0.333 e. The van der Waals surface area contributed by atoms with Gasteiger partial charge in [-0.2, -0.15) is 0 Å². The molecule has 0 aromatic heterocycles. The van der Waals surface area contributed by atoms with Crippen LogP contribution in [-0.4, -0.2) is 18.5 Å². The van der Waals surface area contributed by atoms with Gasteiger partial charge in [-0.3, -0.25) is 0 Å². The van der Waals surface area contributed by atoms with Gasteiger partial charge in [-0.1, -0.05) is 6.42 Å². The molecule has 4 N–H and O–H groups in total. The van der Waals surface area contributed by atoms with E-state index in [-0.39, 0.29) is 0 Å². The summed E-state index contributed by atoms with van der Waals surface area (Å²) in [6.45, 7) is 0. The van der Waals surface area contributed by atoms with Gasteiger partial charge in [-0.05, 0) is 32.7 Å². The molecule has 1 rings (SSSR count). The van der Waals surface area contributed by atoms with Crippen LogP contribution in [0.5, 0.6) is 0 Å². The zero-order chi connectivity index (χ0) is 8.69. The zero-order valence-corrected chi connectivity index (χ0v) is 7.11. The first-order chi connectivity index (χ1) is 5.30. The molecular weight excluding hydrogens is 138 g/mol. The van der Waals surface area contributed by atoms with Gasteiger partial charge in [0, 0.05) is 0 Å². The minimum atomic E-state index is 0.563. The van der Waals surface area contributed by atoms with E-state index in [9.17, 15) is 0 Å². The Morgan fingerprint density at radius 2 is 1.27 bits per heavy atom. The van der Waals surface area contributed by atoms with Gasteiger partial charge in [0.2, 0.25) is 0 Å². The molecule has 0 heterocycles. The lowest BCUT2D eigenvalue weighted by molar-refractivity contribution is 0.734. The lowest BCUT2D eigenvalue weighted by atomic mass is 10.1. The first-order valence-electron chi connectivity index (χ1n) is 4.03. The second-order valence-corrected chi connectivity index (χ2v) is 2.52. The number of hydrogen-bond donors (Lipinski definition) is 3. The Morgan fingerprint density at radius 3 is 1.64 bits per heavy atom. The van der Waals surface area contributed by atoms with Crippen LogP contribution < -0.4 is 5.73 Å². The van der Waals surface area contributed by atoms with E-state index in [2.05, 4.69) is 5.73 Å². The molecule has 0 saturated heterocycles. The molecule has 0 atom stereocenters. The molecule has 0 aromatic rings. The Balaban J connectivity index is 0.000000461. The van der Waals surface area contributed by atoms with Crippen LogP contribution in [0.2, 0.25) is 0 Å². The molecule has 0 aromatic carbocycles. The summed E-state index contributed by atoms with van der Waals surface area (Å²) in [4.78, 5) is 0. The minimum absolute atomic E-state index is 0.563. The van der Waals surface area contributed by atoms with Crippen molar-refractivity contribution >= 4 is 11.4 Å². The summed E-state index contributed by atoms with van der Waals surface area (Å²) in [5, 5.41) is 14.6. The normalized spacial score (nSPS) is 18.4. The third kappa shape index (κ3) is 3.88. The van der Waals surface area contributed by atoms with Crippen LogP contribution in [0.4, 0.5) is 0 Å². The fourth-order valence-electron chi connectivity index (χ4n) is 1.08. The third-order valence-electron chi connectivity index (χ3n) is 1.72. The van der Waals surface area contributed by atoms with E-state index in [4.69, 9.17) is 10.8 Å². The molecule has 0 spiro atoms. The van der Waals surface area contributed by atoms with Crippen molar-refractivity contribution < 1.29 is 0 Å². The third-order valence-corrected chi connectivity index (χ3v) is 1.72. The summed E-state index contributed by atoms with van der Waals surface area (Å²) in [6, 6.07) is 0. The second-order valence-electron chi connectivity index (χ2n) is 2.52. The molecule has 0 bridgehead atoms. The van der Waals surface area contributed by atoms with E-state index in [1.807, 2.05) is 0 Å². The molecule has 0 amide bonds. The first-order valence-corrected chi connectivity index (χ1v) is 4.03. The van der Waals surface area contributed by atoms with Gasteiger partial charge in [0.1, 0.15) is 0 Å². The molecule has 1 saturated carbocycles. The van der Waals surface area contributed by atoms with Crippen molar-refractivity contribution in [2.45, 2.75) is 32.1 Å². The average molecular weight is 155 g/mol. The highest BCUT2D eigenvalue weighted by Crippen LogP contribution is 2.11. The van der Waals surface area contributed by atoms with Crippen molar-refractivity contribution in [2.24, 2.45) is 5.73 Å². The molecule has 11 heavy (non-hydrogen) atoms. The zero-order valence-electron chi connectivity index (χ0n) is 7.11. The summed E-state index contributed by atoms with van der Waals surface area (Å²) in [5.74, 6) is 0. The van der Waals surface area contributed by atoms with Crippen LogP contribution in [0.3, 0.4) is 0 Å². The van der Waals surface area contributed by atoms with E-state index in [0.29, 0.717) is 11.4 Å². The summed E-state index contributed by atoms with van der Waals surface area (Å²) in [6.07, 6.45) is 5.09. The van der Waals surface area contributed by atoms with Crippen molar-refractivity contribution in [1.82, 2.24) is 0 Å². The molecule has 0 radical (unpaired) electrons.